The summed E-state index contributed by atoms with van der Waals surface area (Å²) in [6, 6.07) is 0. The number of carbonyl (C=O) groups is 1. The van der Waals surface area contributed by atoms with Gasteiger partial charge in [0.25, 0.3) is 0 Å². The zero-order valence-electron chi connectivity index (χ0n) is 13.9. The van der Waals surface area contributed by atoms with Gasteiger partial charge < -0.3 is 9.84 Å². The van der Waals surface area contributed by atoms with Crippen LogP contribution in [0, 0.1) is 17.8 Å². The fraction of sp³-hybridized carbons (Fsp3) is 0.947. The van der Waals surface area contributed by atoms with E-state index in [1.165, 1.54) is 64.2 Å². The lowest BCUT2D eigenvalue weighted by molar-refractivity contribution is -0.0932. The summed E-state index contributed by atoms with van der Waals surface area (Å²) in [4.78, 5) is 11.2. The second-order valence-electron chi connectivity index (χ2n) is 8.00. The van der Waals surface area contributed by atoms with Crippen molar-refractivity contribution in [2.75, 3.05) is 0 Å². The molecule has 0 spiro atoms. The van der Waals surface area contributed by atoms with Crippen LogP contribution < -0.4 is 0 Å². The van der Waals surface area contributed by atoms with Crippen LogP contribution in [0.25, 0.3) is 0 Å². The predicted molar refractivity (Wildman–Crippen MR) is 86.9 cm³/mol. The SMILES string of the molecule is O=C(O)OC1(C2CCC(C3CCCCC3)CC2)CCCCC1. The highest BCUT2D eigenvalue weighted by molar-refractivity contribution is 5.57. The van der Waals surface area contributed by atoms with Gasteiger partial charge in [0.05, 0.1) is 0 Å². The summed E-state index contributed by atoms with van der Waals surface area (Å²) in [5.74, 6) is 2.34. The van der Waals surface area contributed by atoms with Gasteiger partial charge in [-0.25, -0.2) is 4.79 Å². The van der Waals surface area contributed by atoms with Crippen LogP contribution in [0.3, 0.4) is 0 Å². The van der Waals surface area contributed by atoms with Gasteiger partial charge in [-0.3, -0.25) is 0 Å². The van der Waals surface area contributed by atoms with Crippen LogP contribution in [0.2, 0.25) is 0 Å². The highest BCUT2D eigenvalue weighted by atomic mass is 16.7. The maximum absolute atomic E-state index is 11.2. The van der Waals surface area contributed by atoms with Crippen molar-refractivity contribution in [3.8, 4) is 0 Å². The Kier molecular flexibility index (Phi) is 5.30. The zero-order valence-corrected chi connectivity index (χ0v) is 13.9. The summed E-state index contributed by atoms with van der Waals surface area (Å²) in [5, 5.41) is 9.20. The molecule has 0 aromatic heterocycles. The first-order valence-corrected chi connectivity index (χ1v) is 9.61. The van der Waals surface area contributed by atoms with Gasteiger partial charge in [-0.2, -0.15) is 0 Å². The van der Waals surface area contributed by atoms with E-state index in [-0.39, 0.29) is 5.60 Å². The lowest BCUT2D eigenvalue weighted by Crippen LogP contribution is -2.46. The fourth-order valence-electron chi connectivity index (χ4n) is 5.64. The average Bonchev–Trinajstić information content (AvgIpc) is 2.56. The third-order valence-electron chi connectivity index (χ3n) is 6.82. The molecule has 3 heteroatoms. The first kappa shape index (κ1) is 16.1. The summed E-state index contributed by atoms with van der Waals surface area (Å²) in [6.45, 7) is 0. The van der Waals surface area contributed by atoms with Crippen molar-refractivity contribution in [1.82, 2.24) is 0 Å². The molecule has 0 aromatic carbocycles. The van der Waals surface area contributed by atoms with E-state index >= 15 is 0 Å². The molecule has 0 aliphatic heterocycles. The molecule has 1 N–H and O–H groups in total. The van der Waals surface area contributed by atoms with E-state index in [0.29, 0.717) is 5.92 Å². The fourth-order valence-corrected chi connectivity index (χ4v) is 5.64. The standard InChI is InChI=1S/C19H32O3/c20-18(21)22-19(13-5-2-6-14-19)17-11-9-16(10-12-17)15-7-3-1-4-8-15/h15-17H,1-14H2,(H,20,21). The molecule has 0 atom stereocenters. The molecule has 3 saturated carbocycles. The molecule has 0 heterocycles. The van der Waals surface area contributed by atoms with Gasteiger partial charge in [-0.15, -0.1) is 0 Å². The molecule has 0 unspecified atom stereocenters. The quantitative estimate of drug-likeness (QED) is 0.673. The minimum Gasteiger partial charge on any atom is -0.450 e. The molecule has 3 aliphatic carbocycles. The topological polar surface area (TPSA) is 46.5 Å². The highest BCUT2D eigenvalue weighted by Crippen LogP contribution is 2.48. The van der Waals surface area contributed by atoms with Gasteiger partial charge in [0.2, 0.25) is 0 Å². The number of ether oxygens (including phenoxy) is 1. The minimum absolute atomic E-state index is 0.346. The molecule has 0 aromatic rings. The Labute approximate surface area is 134 Å². The average molecular weight is 308 g/mol. The lowest BCUT2D eigenvalue weighted by Gasteiger charge is -2.46. The van der Waals surface area contributed by atoms with Crippen molar-refractivity contribution in [1.29, 1.82) is 0 Å². The molecule has 3 rings (SSSR count). The number of hydrogen-bond acceptors (Lipinski definition) is 2. The molecular formula is C19H32O3. The maximum Gasteiger partial charge on any atom is 0.506 e. The first-order chi connectivity index (χ1) is 10.7. The van der Waals surface area contributed by atoms with Crippen molar-refractivity contribution in [2.45, 2.75) is 95.5 Å². The molecule has 3 fully saturated rings. The van der Waals surface area contributed by atoms with Gasteiger partial charge in [-0.1, -0.05) is 38.5 Å². The Morgan fingerprint density at radius 1 is 0.773 bits per heavy atom. The number of carboxylic acid groups (broad SMARTS) is 1. The predicted octanol–water partition coefficient (Wildman–Crippen LogP) is 5.77. The highest BCUT2D eigenvalue weighted by Gasteiger charge is 2.45. The van der Waals surface area contributed by atoms with E-state index in [4.69, 9.17) is 4.74 Å². The minimum atomic E-state index is -1.06. The van der Waals surface area contributed by atoms with Crippen LogP contribution in [0.5, 0.6) is 0 Å². The van der Waals surface area contributed by atoms with Crippen molar-refractivity contribution in [3.05, 3.63) is 0 Å². The Morgan fingerprint density at radius 3 is 1.91 bits per heavy atom. The van der Waals surface area contributed by atoms with E-state index in [2.05, 4.69) is 0 Å². The lowest BCUT2D eigenvalue weighted by atomic mass is 9.64. The van der Waals surface area contributed by atoms with Crippen molar-refractivity contribution in [2.24, 2.45) is 17.8 Å². The molecule has 0 amide bonds. The Morgan fingerprint density at radius 2 is 1.32 bits per heavy atom. The number of rotatable bonds is 3. The summed E-state index contributed by atoms with van der Waals surface area (Å²) >= 11 is 0. The van der Waals surface area contributed by atoms with Crippen LogP contribution in [-0.4, -0.2) is 16.9 Å². The third-order valence-corrected chi connectivity index (χ3v) is 6.82. The van der Waals surface area contributed by atoms with Crippen molar-refractivity contribution in [3.63, 3.8) is 0 Å². The summed E-state index contributed by atoms with van der Waals surface area (Å²) in [5.41, 5.74) is -0.346. The largest absolute Gasteiger partial charge is 0.506 e. The molecular weight excluding hydrogens is 276 g/mol. The van der Waals surface area contributed by atoms with Gasteiger partial charge in [-0.05, 0) is 69.1 Å². The molecule has 3 nitrogen and oxygen atoms in total. The summed E-state index contributed by atoms with van der Waals surface area (Å²) < 4.78 is 5.52. The van der Waals surface area contributed by atoms with E-state index in [1.807, 2.05) is 0 Å². The zero-order chi connectivity index (χ0) is 15.4. The Hall–Kier alpha value is -0.730. The number of hydrogen-bond donors (Lipinski definition) is 1. The molecule has 22 heavy (non-hydrogen) atoms. The first-order valence-electron chi connectivity index (χ1n) is 9.61. The molecule has 0 saturated heterocycles. The van der Waals surface area contributed by atoms with Gasteiger partial charge in [0, 0.05) is 0 Å². The summed E-state index contributed by atoms with van der Waals surface area (Å²) in [6.07, 6.45) is 16.5. The molecule has 3 aliphatic rings. The molecule has 0 radical (unpaired) electrons. The van der Waals surface area contributed by atoms with E-state index in [0.717, 1.165) is 37.5 Å². The maximum atomic E-state index is 11.2. The smallest absolute Gasteiger partial charge is 0.450 e. The van der Waals surface area contributed by atoms with Crippen LogP contribution in [0.1, 0.15) is 89.9 Å². The van der Waals surface area contributed by atoms with E-state index < -0.39 is 6.16 Å². The molecule has 0 bridgehead atoms. The van der Waals surface area contributed by atoms with Crippen LogP contribution in [0.4, 0.5) is 4.79 Å². The Bertz CT molecular complexity index is 359. The van der Waals surface area contributed by atoms with Gasteiger partial charge in [0.1, 0.15) is 5.60 Å². The monoisotopic (exact) mass is 308 g/mol. The second-order valence-corrected chi connectivity index (χ2v) is 8.00. The second kappa shape index (κ2) is 7.23. The van der Waals surface area contributed by atoms with E-state index in [9.17, 15) is 9.90 Å². The van der Waals surface area contributed by atoms with Crippen molar-refractivity contribution >= 4 is 6.16 Å². The molecule has 126 valence electrons. The normalized spacial score (nSPS) is 33.3. The van der Waals surface area contributed by atoms with Crippen LogP contribution >= 0.6 is 0 Å². The van der Waals surface area contributed by atoms with E-state index in [1.54, 1.807) is 0 Å². The summed E-state index contributed by atoms with van der Waals surface area (Å²) in [7, 11) is 0. The third kappa shape index (κ3) is 3.60. The van der Waals surface area contributed by atoms with Crippen LogP contribution in [0.15, 0.2) is 0 Å². The van der Waals surface area contributed by atoms with Gasteiger partial charge >= 0.3 is 6.16 Å². The van der Waals surface area contributed by atoms with Crippen molar-refractivity contribution < 1.29 is 14.6 Å². The van der Waals surface area contributed by atoms with Gasteiger partial charge in [0.15, 0.2) is 0 Å². The van der Waals surface area contributed by atoms with Crippen LogP contribution in [-0.2, 0) is 4.74 Å². The Balaban J connectivity index is 1.59.